The largest absolute Gasteiger partial charge is 0.444 e. The molecule has 2 aliphatic rings. The van der Waals surface area contributed by atoms with Gasteiger partial charge in [-0.05, 0) is 33.8 Å². The van der Waals surface area contributed by atoms with Gasteiger partial charge in [0.05, 0.1) is 12.4 Å². The fraction of sp³-hybridized carbons (Fsp3) is 0.733. The third kappa shape index (κ3) is 5.26. The summed E-state index contributed by atoms with van der Waals surface area (Å²) in [4.78, 5) is 20.4. The minimum atomic E-state index is -0.435. The van der Waals surface area contributed by atoms with Crippen LogP contribution in [-0.2, 0) is 4.74 Å². The highest BCUT2D eigenvalue weighted by atomic mass is 32.2. The Morgan fingerprint density at radius 2 is 2.24 bits per heavy atom. The van der Waals surface area contributed by atoms with Crippen molar-refractivity contribution in [3.05, 3.63) is 12.3 Å². The average molecular weight is 311 g/mol. The van der Waals surface area contributed by atoms with Crippen molar-refractivity contribution in [3.63, 3.8) is 0 Å². The van der Waals surface area contributed by atoms with Gasteiger partial charge in [-0.2, -0.15) is 11.8 Å². The lowest BCUT2D eigenvalue weighted by atomic mass is 10.2. The predicted octanol–water partition coefficient (Wildman–Crippen LogP) is 2.59. The highest BCUT2D eigenvalue weighted by molar-refractivity contribution is 8.00. The Morgan fingerprint density at radius 1 is 1.48 bits per heavy atom. The average Bonchev–Trinajstić information content (AvgIpc) is 2.40. The molecule has 0 aliphatic carbocycles. The van der Waals surface area contributed by atoms with Gasteiger partial charge in [-0.3, -0.25) is 4.99 Å². The molecule has 2 aliphatic heterocycles. The topological polar surface area (TPSA) is 45.1 Å². The lowest BCUT2D eigenvalue weighted by Gasteiger charge is -2.35. The van der Waals surface area contributed by atoms with E-state index in [1.807, 2.05) is 43.8 Å². The zero-order valence-corrected chi connectivity index (χ0v) is 14.1. The summed E-state index contributed by atoms with van der Waals surface area (Å²) >= 11 is 1.91. The van der Waals surface area contributed by atoms with E-state index in [2.05, 4.69) is 29.1 Å². The fourth-order valence-electron chi connectivity index (χ4n) is 2.18. The van der Waals surface area contributed by atoms with Crippen molar-refractivity contribution in [2.45, 2.75) is 44.6 Å². The molecule has 0 aromatic rings. The van der Waals surface area contributed by atoms with E-state index < -0.39 is 5.60 Å². The molecule has 118 valence electrons. The summed E-state index contributed by atoms with van der Waals surface area (Å²) in [5.41, 5.74) is -0.435. The van der Waals surface area contributed by atoms with Crippen molar-refractivity contribution in [2.75, 3.05) is 25.4 Å². The Morgan fingerprint density at radius 3 is 2.86 bits per heavy atom. The highest BCUT2D eigenvalue weighted by Crippen LogP contribution is 2.22. The number of hydrogen-bond donors (Lipinski definition) is 0. The van der Waals surface area contributed by atoms with E-state index in [9.17, 15) is 4.79 Å². The summed E-state index contributed by atoms with van der Waals surface area (Å²) in [5, 5.41) is 0.385. The minimum absolute atomic E-state index is 0.204. The van der Waals surface area contributed by atoms with Crippen molar-refractivity contribution in [1.29, 1.82) is 0 Å². The lowest BCUT2D eigenvalue weighted by Crippen LogP contribution is -2.47. The minimum Gasteiger partial charge on any atom is -0.444 e. The maximum atomic E-state index is 12.1. The molecule has 1 fully saturated rings. The summed E-state index contributed by atoms with van der Waals surface area (Å²) in [6.45, 7) is 10.1. The molecule has 2 heterocycles. The van der Waals surface area contributed by atoms with Crippen molar-refractivity contribution in [2.24, 2.45) is 4.99 Å². The number of rotatable bonds is 2. The van der Waals surface area contributed by atoms with Crippen molar-refractivity contribution in [3.8, 4) is 0 Å². The second kappa shape index (κ2) is 6.73. The van der Waals surface area contributed by atoms with Crippen LogP contribution < -0.4 is 0 Å². The molecular formula is C15H25N3O2S. The van der Waals surface area contributed by atoms with Gasteiger partial charge in [0.15, 0.2) is 0 Å². The maximum Gasteiger partial charge on any atom is 0.410 e. The molecule has 2 rings (SSSR count). The first-order chi connectivity index (χ1) is 9.83. The van der Waals surface area contributed by atoms with Crippen LogP contribution in [0.4, 0.5) is 4.79 Å². The van der Waals surface area contributed by atoms with Crippen molar-refractivity contribution in [1.82, 2.24) is 9.80 Å². The van der Waals surface area contributed by atoms with Crippen molar-refractivity contribution < 1.29 is 9.53 Å². The van der Waals surface area contributed by atoms with Gasteiger partial charge in [0, 0.05) is 36.8 Å². The second-order valence-corrected chi connectivity index (χ2v) is 7.87. The van der Waals surface area contributed by atoms with Gasteiger partial charge in [-0.15, -0.1) is 0 Å². The van der Waals surface area contributed by atoms with E-state index in [-0.39, 0.29) is 12.1 Å². The smallest absolute Gasteiger partial charge is 0.410 e. The maximum absolute atomic E-state index is 12.1. The van der Waals surface area contributed by atoms with Crippen LogP contribution in [0.3, 0.4) is 0 Å². The van der Waals surface area contributed by atoms with Gasteiger partial charge in [0.25, 0.3) is 0 Å². The fourth-order valence-corrected chi connectivity index (χ4v) is 3.40. The van der Waals surface area contributed by atoms with E-state index in [0.717, 1.165) is 25.4 Å². The third-order valence-corrected chi connectivity index (χ3v) is 4.40. The van der Waals surface area contributed by atoms with E-state index in [4.69, 9.17) is 4.74 Å². The molecule has 0 spiro atoms. The monoisotopic (exact) mass is 311 g/mol. The normalized spacial score (nSPS) is 26.1. The molecule has 1 saturated heterocycles. The van der Waals surface area contributed by atoms with Crippen LogP contribution in [0.2, 0.25) is 0 Å². The summed E-state index contributed by atoms with van der Waals surface area (Å²) in [5.74, 6) is 0.953. The zero-order valence-electron chi connectivity index (χ0n) is 13.3. The molecule has 0 radical (unpaired) electrons. The molecule has 6 heteroatoms. The third-order valence-electron chi connectivity index (χ3n) is 3.21. The molecule has 0 bridgehead atoms. The number of aliphatic imine (C=N–C) groups is 1. The number of ether oxygens (including phenoxy) is 1. The number of nitrogens with zero attached hydrogens (tertiary/aromatic N) is 3. The Kier molecular flexibility index (Phi) is 5.19. The molecular weight excluding hydrogens is 286 g/mol. The molecule has 5 nitrogen and oxygen atoms in total. The number of hydrogen-bond acceptors (Lipinski definition) is 5. The molecule has 2 atom stereocenters. The number of amides is 1. The molecule has 0 N–H and O–H groups in total. The van der Waals surface area contributed by atoms with Crippen LogP contribution in [0.25, 0.3) is 0 Å². The first-order valence-corrected chi connectivity index (χ1v) is 8.45. The van der Waals surface area contributed by atoms with Gasteiger partial charge in [0.2, 0.25) is 0 Å². The lowest BCUT2D eigenvalue weighted by molar-refractivity contribution is 0.0255. The quantitative estimate of drug-likeness (QED) is 0.786. The molecule has 21 heavy (non-hydrogen) atoms. The summed E-state index contributed by atoms with van der Waals surface area (Å²) in [6.07, 6.45) is 5.84. The SMILES string of the molecule is CC1C=CN(CC2CN(C(=O)OC(C)(C)C)CCS2)C=N1. The van der Waals surface area contributed by atoms with E-state index in [0.29, 0.717) is 5.25 Å². The van der Waals surface area contributed by atoms with Gasteiger partial charge in [-0.25, -0.2) is 4.79 Å². The number of carbonyl (C=O) groups excluding carboxylic acids is 1. The summed E-state index contributed by atoms with van der Waals surface area (Å²) in [6, 6.07) is 0.263. The van der Waals surface area contributed by atoms with Crippen LogP contribution in [-0.4, -0.2) is 64.5 Å². The highest BCUT2D eigenvalue weighted by Gasteiger charge is 2.28. The predicted molar refractivity (Wildman–Crippen MR) is 87.9 cm³/mol. The van der Waals surface area contributed by atoms with E-state index in [1.165, 1.54) is 0 Å². The second-order valence-electron chi connectivity index (χ2n) is 6.46. The molecule has 2 unspecified atom stereocenters. The van der Waals surface area contributed by atoms with Gasteiger partial charge >= 0.3 is 6.09 Å². The van der Waals surface area contributed by atoms with E-state index in [1.54, 1.807) is 0 Å². The van der Waals surface area contributed by atoms with Gasteiger partial charge in [-0.1, -0.05) is 0 Å². The van der Waals surface area contributed by atoms with Gasteiger partial charge < -0.3 is 14.5 Å². The zero-order chi connectivity index (χ0) is 15.5. The molecule has 1 amide bonds. The molecule has 0 aromatic heterocycles. The van der Waals surface area contributed by atoms with Crippen molar-refractivity contribution >= 4 is 24.2 Å². The summed E-state index contributed by atoms with van der Waals surface area (Å²) in [7, 11) is 0. The first-order valence-electron chi connectivity index (χ1n) is 7.40. The molecule has 0 saturated carbocycles. The van der Waals surface area contributed by atoms with Gasteiger partial charge in [0.1, 0.15) is 5.60 Å². The van der Waals surface area contributed by atoms with Crippen LogP contribution in [0.1, 0.15) is 27.7 Å². The van der Waals surface area contributed by atoms with E-state index >= 15 is 0 Å². The van der Waals surface area contributed by atoms with Crippen LogP contribution in [0.5, 0.6) is 0 Å². The first kappa shape index (κ1) is 16.2. The standard InChI is InChI=1S/C15H25N3O2S/c1-12-5-6-17(11-16-12)9-13-10-18(7-8-21-13)14(19)20-15(2,3)4/h5-6,11-13H,7-10H2,1-4H3. The number of thioether (sulfide) groups is 1. The van der Waals surface area contributed by atoms with Crippen LogP contribution in [0, 0.1) is 0 Å². The van der Waals surface area contributed by atoms with Crippen LogP contribution >= 0.6 is 11.8 Å². The van der Waals surface area contributed by atoms with Crippen LogP contribution in [0.15, 0.2) is 17.3 Å². The molecule has 0 aromatic carbocycles. The number of carbonyl (C=O) groups is 1. The Balaban J connectivity index is 1.85. The summed E-state index contributed by atoms with van der Waals surface area (Å²) < 4.78 is 5.45. The Labute approximate surface area is 131 Å². The Bertz CT molecular complexity index is 417. The Hall–Kier alpha value is -1.17.